The molecule has 0 saturated carbocycles. The van der Waals surface area contributed by atoms with Gasteiger partial charge < -0.3 is 9.47 Å². The number of benzene rings is 2. The third-order valence-corrected chi connectivity index (χ3v) is 5.06. The minimum atomic E-state index is -0.667. The van der Waals surface area contributed by atoms with Crippen molar-refractivity contribution in [2.45, 2.75) is 39.5 Å². The van der Waals surface area contributed by atoms with Gasteiger partial charge in [-0.2, -0.15) is 0 Å². The van der Waals surface area contributed by atoms with E-state index in [4.69, 9.17) is 9.47 Å². The van der Waals surface area contributed by atoms with E-state index < -0.39 is 12.0 Å². The quantitative estimate of drug-likeness (QED) is 0.594. The largest absolute Gasteiger partial charge is 0.465 e. The van der Waals surface area contributed by atoms with Crippen LogP contribution in [0.25, 0.3) is 0 Å². The molecule has 1 aliphatic rings. The number of hydrogen-bond donors (Lipinski definition) is 1. The lowest BCUT2D eigenvalue weighted by atomic mass is 9.87. The van der Waals surface area contributed by atoms with Gasteiger partial charge in [0.1, 0.15) is 12.6 Å². The van der Waals surface area contributed by atoms with Crippen molar-refractivity contribution in [1.82, 2.24) is 5.32 Å². The molecule has 1 heterocycles. The van der Waals surface area contributed by atoms with Gasteiger partial charge in [0.15, 0.2) is 0 Å². The summed E-state index contributed by atoms with van der Waals surface area (Å²) >= 11 is 0. The van der Waals surface area contributed by atoms with Crippen LogP contribution in [0.1, 0.15) is 37.9 Å². The van der Waals surface area contributed by atoms with Gasteiger partial charge in [0.25, 0.3) is 0 Å². The number of esters is 2. The minimum Gasteiger partial charge on any atom is -0.465 e. The zero-order valence-corrected chi connectivity index (χ0v) is 17.1. The lowest BCUT2D eigenvalue weighted by molar-refractivity contribution is -0.149. The van der Waals surface area contributed by atoms with Gasteiger partial charge >= 0.3 is 11.9 Å². The summed E-state index contributed by atoms with van der Waals surface area (Å²) in [4.78, 5) is 25.8. The van der Waals surface area contributed by atoms with Crippen molar-refractivity contribution in [3.05, 3.63) is 82.9 Å². The van der Waals surface area contributed by atoms with E-state index in [9.17, 15) is 9.59 Å². The van der Waals surface area contributed by atoms with E-state index in [1.165, 1.54) is 0 Å². The number of nitrogens with one attached hydrogen (secondary N) is 1. The molecule has 0 radical (unpaired) electrons. The maximum atomic E-state index is 13.2. The van der Waals surface area contributed by atoms with Gasteiger partial charge in [-0.15, -0.1) is 0 Å². The number of rotatable bonds is 6. The number of carbonyl (C=O) groups is 2. The summed E-state index contributed by atoms with van der Waals surface area (Å²) in [5.41, 5.74) is 3.49. The Bertz CT molecular complexity index is 872. The van der Waals surface area contributed by atoms with E-state index in [0.29, 0.717) is 0 Å². The molecule has 1 N–H and O–H groups in total. The zero-order valence-electron chi connectivity index (χ0n) is 17.1. The lowest BCUT2D eigenvalue weighted by Gasteiger charge is -2.20. The van der Waals surface area contributed by atoms with Gasteiger partial charge in [-0.05, 0) is 37.5 Å². The highest BCUT2D eigenvalue weighted by Gasteiger charge is 2.48. The van der Waals surface area contributed by atoms with Crippen molar-refractivity contribution in [2.24, 2.45) is 5.92 Å². The smallest absolute Gasteiger partial charge is 0.327 e. The van der Waals surface area contributed by atoms with Crippen LogP contribution < -0.4 is 5.32 Å². The summed E-state index contributed by atoms with van der Waals surface area (Å²) in [5.74, 6) is -1.32. The van der Waals surface area contributed by atoms with Crippen LogP contribution in [0, 0.1) is 5.92 Å². The van der Waals surface area contributed by atoms with Crippen LogP contribution in [0.3, 0.4) is 0 Å². The van der Waals surface area contributed by atoms with E-state index in [0.717, 1.165) is 22.3 Å². The number of hydrogen-bond acceptors (Lipinski definition) is 5. The Morgan fingerprint density at radius 1 is 0.897 bits per heavy atom. The van der Waals surface area contributed by atoms with Gasteiger partial charge in [-0.25, -0.2) is 4.79 Å². The highest BCUT2D eigenvalue weighted by molar-refractivity contribution is 5.87. The molecule has 1 saturated heterocycles. The average Bonchev–Trinajstić information content (AvgIpc) is 3.15. The second-order valence-electron chi connectivity index (χ2n) is 7.27. The van der Waals surface area contributed by atoms with Crippen LogP contribution in [-0.4, -0.2) is 24.6 Å². The Morgan fingerprint density at radius 2 is 1.52 bits per heavy atom. The highest BCUT2D eigenvalue weighted by Crippen LogP contribution is 2.40. The van der Waals surface area contributed by atoms with Crippen molar-refractivity contribution >= 4 is 11.9 Å². The maximum Gasteiger partial charge on any atom is 0.327 e. The van der Waals surface area contributed by atoms with Crippen molar-refractivity contribution in [1.29, 1.82) is 0 Å². The Morgan fingerprint density at radius 3 is 2.10 bits per heavy atom. The molecule has 1 fully saturated rings. The highest BCUT2D eigenvalue weighted by atomic mass is 16.5. The van der Waals surface area contributed by atoms with Crippen molar-refractivity contribution in [2.75, 3.05) is 6.61 Å². The second kappa shape index (κ2) is 9.52. The van der Waals surface area contributed by atoms with E-state index in [2.05, 4.69) is 5.32 Å². The molecule has 0 spiro atoms. The predicted molar refractivity (Wildman–Crippen MR) is 111 cm³/mol. The first-order valence-corrected chi connectivity index (χ1v) is 9.88. The molecule has 3 atom stereocenters. The van der Waals surface area contributed by atoms with Gasteiger partial charge in [-0.3, -0.25) is 10.1 Å². The van der Waals surface area contributed by atoms with Gasteiger partial charge in [0.05, 0.1) is 18.6 Å². The standard InChI is InChI=1S/C24H27NO4/c1-4-28-24(27)22-19(16(2)3)20(21(25-22)18-13-9-6-10-14-18)23(26)29-15-17-11-7-5-8-12-17/h5-14,20-22,25H,4,15H2,1-3H3/t20-,21-,22+/m0/s1. The van der Waals surface area contributed by atoms with Gasteiger partial charge in [0.2, 0.25) is 0 Å². The fourth-order valence-electron chi connectivity index (χ4n) is 3.78. The molecular formula is C24H27NO4. The summed E-state index contributed by atoms with van der Waals surface area (Å²) in [6.07, 6.45) is 0. The van der Waals surface area contributed by atoms with Crippen LogP contribution in [0.4, 0.5) is 0 Å². The van der Waals surface area contributed by atoms with Gasteiger partial charge in [0, 0.05) is 0 Å². The van der Waals surface area contributed by atoms with Crippen LogP contribution in [0.5, 0.6) is 0 Å². The molecule has 29 heavy (non-hydrogen) atoms. The van der Waals surface area contributed by atoms with E-state index in [1.807, 2.05) is 74.5 Å². The maximum absolute atomic E-state index is 13.2. The average molecular weight is 393 g/mol. The van der Waals surface area contributed by atoms with Crippen LogP contribution in [-0.2, 0) is 25.7 Å². The molecule has 0 unspecified atom stereocenters. The third-order valence-electron chi connectivity index (χ3n) is 5.06. The van der Waals surface area contributed by atoms with E-state index in [1.54, 1.807) is 6.92 Å². The van der Waals surface area contributed by atoms with Crippen LogP contribution in [0.2, 0.25) is 0 Å². The van der Waals surface area contributed by atoms with Crippen molar-refractivity contribution in [3.8, 4) is 0 Å². The van der Waals surface area contributed by atoms with Crippen LogP contribution >= 0.6 is 0 Å². The second-order valence-corrected chi connectivity index (χ2v) is 7.27. The number of ether oxygens (including phenoxy) is 2. The normalized spacial score (nSPS) is 20.9. The van der Waals surface area contributed by atoms with Crippen molar-refractivity contribution in [3.63, 3.8) is 0 Å². The first-order valence-electron chi connectivity index (χ1n) is 9.88. The summed E-state index contributed by atoms with van der Waals surface area (Å²) < 4.78 is 10.9. The molecule has 5 nitrogen and oxygen atoms in total. The summed E-state index contributed by atoms with van der Waals surface area (Å²) in [5, 5.41) is 3.32. The minimum absolute atomic E-state index is 0.192. The van der Waals surface area contributed by atoms with E-state index in [-0.39, 0.29) is 31.2 Å². The fraction of sp³-hybridized carbons (Fsp3) is 0.333. The Labute approximate surface area is 171 Å². The Kier molecular flexibility index (Phi) is 6.83. The van der Waals surface area contributed by atoms with Crippen molar-refractivity contribution < 1.29 is 19.1 Å². The van der Waals surface area contributed by atoms with Gasteiger partial charge in [-0.1, -0.05) is 66.2 Å². The Balaban J connectivity index is 1.92. The molecule has 1 aliphatic heterocycles. The molecule has 0 amide bonds. The summed E-state index contributed by atoms with van der Waals surface area (Å²) in [7, 11) is 0. The SMILES string of the molecule is CCOC(=O)[C@@H]1N[C@@H](c2ccccc2)[C@@H](C(=O)OCc2ccccc2)C1=C(C)C. The Hall–Kier alpha value is -2.92. The number of carbonyl (C=O) groups excluding carboxylic acids is 2. The topological polar surface area (TPSA) is 64.6 Å². The zero-order chi connectivity index (χ0) is 20.8. The molecule has 5 heteroatoms. The summed E-state index contributed by atoms with van der Waals surface area (Å²) in [6.45, 7) is 6.07. The third kappa shape index (κ3) is 4.74. The molecular weight excluding hydrogens is 366 g/mol. The predicted octanol–water partition coefficient (Wildman–Crippen LogP) is 3.96. The molecule has 0 bridgehead atoms. The molecule has 152 valence electrons. The molecule has 0 aromatic heterocycles. The molecule has 3 rings (SSSR count). The summed E-state index contributed by atoms with van der Waals surface area (Å²) in [6, 6.07) is 18.2. The molecule has 0 aliphatic carbocycles. The lowest BCUT2D eigenvalue weighted by Crippen LogP contribution is -2.35. The van der Waals surface area contributed by atoms with E-state index >= 15 is 0 Å². The molecule has 2 aromatic carbocycles. The monoisotopic (exact) mass is 393 g/mol. The fourth-order valence-corrected chi connectivity index (χ4v) is 3.78. The first-order chi connectivity index (χ1) is 14.0. The number of allylic oxidation sites excluding steroid dienone is 1. The van der Waals surface area contributed by atoms with Crippen LogP contribution in [0.15, 0.2) is 71.8 Å². The molecule has 2 aromatic rings. The first kappa shape index (κ1) is 20.8.